The Bertz CT molecular complexity index is 344. The number of carbonyl (C=O) groups is 1. The van der Waals surface area contributed by atoms with Gasteiger partial charge in [-0.25, -0.2) is 0 Å². The number of ketones is 1. The van der Waals surface area contributed by atoms with Gasteiger partial charge in [0, 0.05) is 4.90 Å². The Balaban J connectivity index is 2.78. The van der Waals surface area contributed by atoms with Crippen molar-refractivity contribution < 1.29 is 4.79 Å². The molecule has 0 aliphatic rings. The molecule has 0 saturated carbocycles. The third kappa shape index (κ3) is 2.88. The summed E-state index contributed by atoms with van der Waals surface area (Å²) in [5.74, 6) is 0.230. The van der Waals surface area contributed by atoms with Crippen molar-refractivity contribution in [2.75, 3.05) is 0 Å². The summed E-state index contributed by atoms with van der Waals surface area (Å²) in [6.45, 7) is 7.77. The van der Waals surface area contributed by atoms with E-state index in [2.05, 4.69) is 32.0 Å². The van der Waals surface area contributed by atoms with Gasteiger partial charge in [-0.1, -0.05) is 6.07 Å². The Hall–Kier alpha value is -0.760. The summed E-state index contributed by atoms with van der Waals surface area (Å²) in [6.07, 6.45) is 0. The summed E-state index contributed by atoms with van der Waals surface area (Å²) in [7, 11) is 0. The van der Waals surface area contributed by atoms with Crippen LogP contribution < -0.4 is 0 Å². The van der Waals surface area contributed by atoms with Gasteiger partial charge in [0.25, 0.3) is 0 Å². The van der Waals surface area contributed by atoms with E-state index in [0.717, 1.165) is 0 Å². The number of aryl methyl sites for hydroxylation is 2. The van der Waals surface area contributed by atoms with Crippen molar-refractivity contribution in [2.24, 2.45) is 0 Å². The van der Waals surface area contributed by atoms with E-state index in [1.165, 1.54) is 16.0 Å². The van der Waals surface area contributed by atoms with E-state index in [-0.39, 0.29) is 11.0 Å². The van der Waals surface area contributed by atoms with Crippen LogP contribution in [0, 0.1) is 13.8 Å². The molecule has 2 heteroatoms. The summed E-state index contributed by atoms with van der Waals surface area (Å²) >= 11 is 1.62. The lowest BCUT2D eigenvalue weighted by atomic mass is 10.1. The van der Waals surface area contributed by atoms with Crippen molar-refractivity contribution in [2.45, 2.75) is 37.8 Å². The summed E-state index contributed by atoms with van der Waals surface area (Å²) in [6, 6.07) is 6.32. The second kappa shape index (κ2) is 4.65. The van der Waals surface area contributed by atoms with Crippen molar-refractivity contribution >= 4 is 17.5 Å². The Morgan fingerprint density at radius 3 is 2.43 bits per heavy atom. The summed E-state index contributed by atoms with van der Waals surface area (Å²) in [5.41, 5.74) is 2.58. The van der Waals surface area contributed by atoms with Crippen molar-refractivity contribution in [3.05, 3.63) is 29.3 Å². The summed E-state index contributed by atoms with van der Waals surface area (Å²) in [4.78, 5) is 12.3. The minimum atomic E-state index is 0.0529. The average Bonchev–Trinajstić information content (AvgIpc) is 2.11. The minimum absolute atomic E-state index is 0.0529. The lowest BCUT2D eigenvalue weighted by molar-refractivity contribution is -0.116. The van der Waals surface area contributed by atoms with Gasteiger partial charge in [-0.3, -0.25) is 4.79 Å². The molecule has 0 aliphatic heterocycles. The fourth-order valence-corrected chi connectivity index (χ4v) is 2.04. The van der Waals surface area contributed by atoms with Crippen LogP contribution in [0.5, 0.6) is 0 Å². The third-order valence-corrected chi connectivity index (χ3v) is 3.58. The van der Waals surface area contributed by atoms with Crippen molar-refractivity contribution in [3.8, 4) is 0 Å². The lowest BCUT2D eigenvalue weighted by Crippen LogP contribution is -2.07. The molecule has 1 aromatic rings. The molecule has 0 saturated heterocycles. The van der Waals surface area contributed by atoms with E-state index in [9.17, 15) is 4.79 Å². The number of thioether (sulfide) groups is 1. The SMILES string of the molecule is CC(=O)C(C)Sc1ccc(C)c(C)c1. The number of Topliss-reactive ketones (excluding diaryl/α,β-unsaturated/α-hetero) is 1. The number of rotatable bonds is 3. The maximum atomic E-state index is 11.1. The first-order chi connectivity index (χ1) is 6.50. The smallest absolute Gasteiger partial charge is 0.142 e. The van der Waals surface area contributed by atoms with Gasteiger partial charge in [-0.2, -0.15) is 0 Å². The first-order valence-electron chi connectivity index (χ1n) is 4.75. The van der Waals surface area contributed by atoms with Crippen LogP contribution in [-0.4, -0.2) is 11.0 Å². The van der Waals surface area contributed by atoms with E-state index < -0.39 is 0 Å². The zero-order valence-electron chi connectivity index (χ0n) is 9.13. The highest BCUT2D eigenvalue weighted by atomic mass is 32.2. The molecule has 76 valence electrons. The number of benzene rings is 1. The fraction of sp³-hybridized carbons (Fsp3) is 0.417. The van der Waals surface area contributed by atoms with Crippen molar-refractivity contribution in [3.63, 3.8) is 0 Å². The van der Waals surface area contributed by atoms with Crippen LogP contribution in [0.2, 0.25) is 0 Å². The van der Waals surface area contributed by atoms with Crippen molar-refractivity contribution in [1.82, 2.24) is 0 Å². The largest absolute Gasteiger partial charge is 0.299 e. The molecule has 1 aromatic carbocycles. The zero-order chi connectivity index (χ0) is 10.7. The first kappa shape index (κ1) is 11.3. The van der Waals surface area contributed by atoms with Crippen LogP contribution in [0.25, 0.3) is 0 Å². The number of hydrogen-bond acceptors (Lipinski definition) is 2. The second-order valence-electron chi connectivity index (χ2n) is 3.62. The molecule has 0 N–H and O–H groups in total. The molecule has 0 fully saturated rings. The minimum Gasteiger partial charge on any atom is -0.299 e. The van der Waals surface area contributed by atoms with Gasteiger partial charge < -0.3 is 0 Å². The third-order valence-electron chi connectivity index (χ3n) is 2.36. The van der Waals surface area contributed by atoms with E-state index in [1.807, 2.05) is 6.92 Å². The van der Waals surface area contributed by atoms with E-state index >= 15 is 0 Å². The lowest BCUT2D eigenvalue weighted by Gasteiger charge is -2.08. The van der Waals surface area contributed by atoms with Crippen LogP contribution in [0.1, 0.15) is 25.0 Å². The molecule has 0 heterocycles. The highest BCUT2D eigenvalue weighted by Gasteiger charge is 2.09. The highest BCUT2D eigenvalue weighted by Crippen LogP contribution is 2.25. The first-order valence-corrected chi connectivity index (χ1v) is 5.63. The predicted molar refractivity (Wildman–Crippen MR) is 61.9 cm³/mol. The molecule has 0 aliphatic carbocycles. The van der Waals surface area contributed by atoms with Gasteiger partial charge in [0.1, 0.15) is 5.78 Å². The quantitative estimate of drug-likeness (QED) is 0.708. The Labute approximate surface area is 89.9 Å². The maximum absolute atomic E-state index is 11.1. The Morgan fingerprint density at radius 2 is 1.93 bits per heavy atom. The van der Waals surface area contributed by atoms with Crippen molar-refractivity contribution in [1.29, 1.82) is 0 Å². The molecule has 0 radical (unpaired) electrons. The molecule has 1 nitrogen and oxygen atoms in total. The topological polar surface area (TPSA) is 17.1 Å². The standard InChI is InChI=1S/C12H16OS/c1-8-5-6-12(7-9(8)2)14-11(4)10(3)13/h5-7,11H,1-4H3. The molecule has 1 unspecified atom stereocenters. The van der Waals surface area contributed by atoms with Crippen LogP contribution in [0.4, 0.5) is 0 Å². The average molecular weight is 208 g/mol. The maximum Gasteiger partial charge on any atom is 0.142 e. The van der Waals surface area contributed by atoms with E-state index in [0.29, 0.717) is 0 Å². The molecule has 0 spiro atoms. The summed E-state index contributed by atoms with van der Waals surface area (Å²) in [5, 5.41) is 0.0529. The highest BCUT2D eigenvalue weighted by molar-refractivity contribution is 8.00. The van der Waals surface area contributed by atoms with Gasteiger partial charge >= 0.3 is 0 Å². The monoisotopic (exact) mass is 208 g/mol. The number of carbonyl (C=O) groups excluding carboxylic acids is 1. The van der Waals surface area contributed by atoms with E-state index in [4.69, 9.17) is 0 Å². The second-order valence-corrected chi connectivity index (χ2v) is 5.03. The van der Waals surface area contributed by atoms with Crippen LogP contribution in [0.3, 0.4) is 0 Å². The molecule has 0 aromatic heterocycles. The van der Waals surface area contributed by atoms with Crippen LogP contribution in [0.15, 0.2) is 23.1 Å². The Kier molecular flexibility index (Phi) is 3.76. The molecule has 0 bridgehead atoms. The summed E-state index contributed by atoms with van der Waals surface area (Å²) < 4.78 is 0. The fourth-order valence-electron chi connectivity index (χ4n) is 1.07. The molecule has 1 rings (SSSR count). The van der Waals surface area contributed by atoms with Crippen LogP contribution in [-0.2, 0) is 4.79 Å². The predicted octanol–water partition coefficient (Wildman–Crippen LogP) is 3.37. The van der Waals surface area contributed by atoms with Gasteiger partial charge in [-0.15, -0.1) is 11.8 Å². The van der Waals surface area contributed by atoms with Crippen LogP contribution >= 0.6 is 11.8 Å². The zero-order valence-corrected chi connectivity index (χ0v) is 9.94. The molecular formula is C12H16OS. The normalized spacial score (nSPS) is 12.6. The molecule has 1 atom stereocenters. The van der Waals surface area contributed by atoms with Gasteiger partial charge in [0.05, 0.1) is 5.25 Å². The molecular weight excluding hydrogens is 192 g/mol. The Morgan fingerprint density at radius 1 is 1.29 bits per heavy atom. The van der Waals surface area contributed by atoms with Gasteiger partial charge in [0.15, 0.2) is 0 Å². The van der Waals surface area contributed by atoms with E-state index in [1.54, 1.807) is 18.7 Å². The molecule has 0 amide bonds. The number of hydrogen-bond donors (Lipinski definition) is 0. The van der Waals surface area contributed by atoms with Gasteiger partial charge in [0.2, 0.25) is 0 Å². The van der Waals surface area contributed by atoms with Gasteiger partial charge in [-0.05, 0) is 51.0 Å². The molecule has 14 heavy (non-hydrogen) atoms.